The molecule has 0 radical (unpaired) electrons. The summed E-state index contributed by atoms with van der Waals surface area (Å²) in [6.07, 6.45) is 0. The van der Waals surface area contributed by atoms with Gasteiger partial charge in [0.2, 0.25) is 5.91 Å². The number of anilines is 2. The summed E-state index contributed by atoms with van der Waals surface area (Å²) in [6.45, 7) is 5.46. The molecule has 0 saturated heterocycles. The molecule has 1 atom stereocenters. The number of hydrogen-bond donors (Lipinski definition) is 3. The van der Waals surface area contributed by atoms with E-state index in [1.54, 1.807) is 67.6 Å². The van der Waals surface area contributed by atoms with Gasteiger partial charge >= 0.3 is 5.97 Å². The minimum Gasteiger partial charge on any atom is -0.424 e. The molecule has 0 saturated carbocycles. The van der Waals surface area contributed by atoms with Crippen LogP contribution in [-0.2, 0) is 9.59 Å². The number of carbonyl (C=O) groups excluding carboxylic acids is 3. The molecule has 36 heavy (non-hydrogen) atoms. The highest BCUT2D eigenvalue weighted by Gasteiger charge is 2.20. The van der Waals surface area contributed by atoms with E-state index in [1.807, 2.05) is 13.8 Å². The maximum atomic E-state index is 12.3. The molecule has 10 heteroatoms. The first-order chi connectivity index (χ1) is 17.2. The number of nitrogens with two attached hydrogens (primary N) is 1. The van der Waals surface area contributed by atoms with Crippen LogP contribution in [0.3, 0.4) is 0 Å². The Morgan fingerprint density at radius 3 is 2.28 bits per heavy atom. The van der Waals surface area contributed by atoms with Gasteiger partial charge in [-0.1, -0.05) is 51.1 Å². The Morgan fingerprint density at radius 1 is 0.917 bits per heavy atom. The van der Waals surface area contributed by atoms with Crippen LogP contribution in [0.4, 0.5) is 23.0 Å². The Morgan fingerprint density at radius 2 is 1.58 bits per heavy atom. The lowest BCUT2D eigenvalue weighted by Gasteiger charge is -2.14. The summed E-state index contributed by atoms with van der Waals surface area (Å²) in [6, 6.07) is 18.4. The first-order valence-electron chi connectivity index (χ1n) is 11.4. The molecule has 0 bridgehead atoms. The number of amides is 2. The third kappa shape index (κ3) is 7.20. The number of para-hydroxylation sites is 1. The van der Waals surface area contributed by atoms with Crippen molar-refractivity contribution in [3.63, 3.8) is 0 Å². The Kier molecular flexibility index (Phi) is 8.82. The Labute approximate surface area is 209 Å². The Balaban J connectivity index is 1.61. The summed E-state index contributed by atoms with van der Waals surface area (Å²) in [5.74, 6) is -0.804. The van der Waals surface area contributed by atoms with E-state index in [9.17, 15) is 14.4 Å². The Hall–Kier alpha value is -4.60. The van der Waals surface area contributed by atoms with E-state index in [4.69, 9.17) is 10.5 Å². The molecular weight excluding hydrogens is 460 g/mol. The number of rotatable bonds is 9. The predicted octanol–water partition coefficient (Wildman–Crippen LogP) is 4.65. The second-order valence-electron chi connectivity index (χ2n) is 8.32. The van der Waals surface area contributed by atoms with E-state index >= 15 is 0 Å². The molecule has 0 fully saturated rings. The molecule has 2 amide bonds. The average Bonchev–Trinajstić information content (AvgIpc) is 2.87. The summed E-state index contributed by atoms with van der Waals surface area (Å²) in [5, 5.41) is 13.4. The van der Waals surface area contributed by atoms with E-state index in [2.05, 4.69) is 25.8 Å². The predicted molar refractivity (Wildman–Crippen MR) is 136 cm³/mol. The van der Waals surface area contributed by atoms with Crippen LogP contribution in [0.5, 0.6) is 5.75 Å². The molecule has 1 heterocycles. The number of carbonyl (C=O) groups is 3. The molecule has 0 aliphatic rings. The molecule has 0 aliphatic carbocycles. The van der Waals surface area contributed by atoms with Gasteiger partial charge < -0.3 is 21.1 Å². The van der Waals surface area contributed by atoms with Crippen molar-refractivity contribution in [2.75, 3.05) is 17.6 Å². The second-order valence-corrected chi connectivity index (χ2v) is 8.32. The molecule has 0 aliphatic heterocycles. The van der Waals surface area contributed by atoms with E-state index in [0.717, 1.165) is 0 Å². The minimum atomic E-state index is -0.466. The SMILES string of the molecule is CC(C)[C@H](C)C(=O)Oc1ccccc1/N=N/c1ccc(NC(=O)CNC(=O)c2ccccc2)nc1N. The number of nitrogens with one attached hydrogen (secondary N) is 2. The van der Waals surface area contributed by atoms with Gasteiger partial charge in [0.1, 0.15) is 17.2 Å². The van der Waals surface area contributed by atoms with Crippen molar-refractivity contribution < 1.29 is 19.1 Å². The fraction of sp³-hybridized carbons (Fsp3) is 0.231. The topological polar surface area (TPSA) is 148 Å². The van der Waals surface area contributed by atoms with Gasteiger partial charge in [-0.15, -0.1) is 10.2 Å². The third-order valence-corrected chi connectivity index (χ3v) is 5.33. The van der Waals surface area contributed by atoms with Crippen molar-refractivity contribution in [1.82, 2.24) is 10.3 Å². The second kappa shape index (κ2) is 12.2. The van der Waals surface area contributed by atoms with Crippen LogP contribution in [0.2, 0.25) is 0 Å². The quantitative estimate of drug-likeness (QED) is 0.227. The lowest BCUT2D eigenvalue weighted by molar-refractivity contribution is -0.139. The Bertz CT molecular complexity index is 1260. The minimum absolute atomic E-state index is 0.0350. The van der Waals surface area contributed by atoms with Gasteiger partial charge in [0.15, 0.2) is 11.6 Å². The molecule has 2 aromatic carbocycles. The highest BCUT2D eigenvalue weighted by molar-refractivity contribution is 5.99. The molecule has 186 valence electrons. The highest BCUT2D eigenvalue weighted by Crippen LogP contribution is 2.31. The van der Waals surface area contributed by atoms with Crippen LogP contribution in [0, 0.1) is 11.8 Å². The zero-order valence-corrected chi connectivity index (χ0v) is 20.3. The number of pyridine rings is 1. The number of azo groups is 1. The lowest BCUT2D eigenvalue weighted by atomic mass is 9.99. The zero-order chi connectivity index (χ0) is 26.1. The van der Waals surface area contributed by atoms with Gasteiger partial charge in [0.05, 0.1) is 12.5 Å². The van der Waals surface area contributed by atoms with Gasteiger partial charge in [0.25, 0.3) is 5.91 Å². The first-order valence-corrected chi connectivity index (χ1v) is 11.4. The van der Waals surface area contributed by atoms with Crippen LogP contribution in [0.15, 0.2) is 77.0 Å². The zero-order valence-electron chi connectivity index (χ0n) is 20.3. The van der Waals surface area contributed by atoms with Gasteiger partial charge in [0, 0.05) is 5.56 Å². The fourth-order valence-corrected chi connectivity index (χ4v) is 2.87. The van der Waals surface area contributed by atoms with E-state index in [1.165, 1.54) is 6.07 Å². The summed E-state index contributed by atoms with van der Waals surface area (Å²) >= 11 is 0. The van der Waals surface area contributed by atoms with Crippen LogP contribution in [0.25, 0.3) is 0 Å². The van der Waals surface area contributed by atoms with Crippen LogP contribution < -0.4 is 21.1 Å². The summed E-state index contributed by atoms with van der Waals surface area (Å²) in [7, 11) is 0. The molecule has 1 aromatic heterocycles. The van der Waals surface area contributed by atoms with Crippen molar-refractivity contribution >= 4 is 40.8 Å². The summed E-state index contributed by atoms with van der Waals surface area (Å²) in [5.41, 5.74) is 7.05. The number of hydrogen-bond acceptors (Lipinski definition) is 8. The van der Waals surface area contributed by atoms with Gasteiger partial charge in [-0.2, -0.15) is 0 Å². The maximum Gasteiger partial charge on any atom is 0.314 e. The van der Waals surface area contributed by atoms with Crippen molar-refractivity contribution in [3.8, 4) is 5.75 Å². The first kappa shape index (κ1) is 26.0. The number of nitrogen functional groups attached to an aromatic ring is 1. The van der Waals surface area contributed by atoms with Crippen molar-refractivity contribution in [3.05, 3.63) is 72.3 Å². The molecule has 0 spiro atoms. The molecule has 3 rings (SSSR count). The lowest BCUT2D eigenvalue weighted by Crippen LogP contribution is -2.33. The summed E-state index contributed by atoms with van der Waals surface area (Å²) in [4.78, 5) is 40.7. The van der Waals surface area contributed by atoms with E-state index in [0.29, 0.717) is 11.3 Å². The average molecular weight is 489 g/mol. The number of ether oxygens (including phenoxy) is 1. The largest absolute Gasteiger partial charge is 0.424 e. The monoisotopic (exact) mass is 488 g/mol. The van der Waals surface area contributed by atoms with Gasteiger partial charge in [-0.25, -0.2) is 4.98 Å². The number of benzene rings is 2. The van der Waals surface area contributed by atoms with Gasteiger partial charge in [-0.3, -0.25) is 14.4 Å². The van der Waals surface area contributed by atoms with Crippen molar-refractivity contribution in [2.45, 2.75) is 20.8 Å². The normalized spacial score (nSPS) is 11.8. The summed E-state index contributed by atoms with van der Waals surface area (Å²) < 4.78 is 5.50. The number of aromatic nitrogens is 1. The van der Waals surface area contributed by atoms with E-state index in [-0.39, 0.29) is 53.3 Å². The standard InChI is InChI=1S/C26H28N6O4/c1-16(2)17(3)26(35)36-21-12-8-7-11-19(21)31-32-20-13-14-22(30-24(20)27)29-23(33)15-28-25(34)18-9-5-4-6-10-18/h4-14,16-17H,15H2,1-3H3,(H,28,34)(H3,27,29,30,33)/b32-31+/t17-/m0/s1. The molecular formula is C26H28N6O4. The van der Waals surface area contributed by atoms with Crippen molar-refractivity contribution in [2.24, 2.45) is 22.1 Å². The van der Waals surface area contributed by atoms with E-state index < -0.39 is 5.91 Å². The number of esters is 1. The molecule has 0 unspecified atom stereocenters. The molecule has 3 aromatic rings. The van der Waals surface area contributed by atoms with Crippen molar-refractivity contribution in [1.29, 1.82) is 0 Å². The maximum absolute atomic E-state index is 12.3. The van der Waals surface area contributed by atoms with Crippen LogP contribution in [-0.4, -0.2) is 29.3 Å². The van der Waals surface area contributed by atoms with Crippen LogP contribution >= 0.6 is 0 Å². The van der Waals surface area contributed by atoms with Crippen LogP contribution in [0.1, 0.15) is 31.1 Å². The highest BCUT2D eigenvalue weighted by atomic mass is 16.5. The van der Waals surface area contributed by atoms with Gasteiger partial charge in [-0.05, 0) is 42.3 Å². The fourth-order valence-electron chi connectivity index (χ4n) is 2.87. The molecule has 4 N–H and O–H groups in total. The third-order valence-electron chi connectivity index (χ3n) is 5.33. The smallest absolute Gasteiger partial charge is 0.314 e. The number of nitrogens with zero attached hydrogens (tertiary/aromatic N) is 3. The molecule has 10 nitrogen and oxygen atoms in total.